The highest BCUT2D eigenvalue weighted by molar-refractivity contribution is 9.10. The first-order valence-electron chi connectivity index (χ1n) is 6.62. The van der Waals surface area contributed by atoms with E-state index in [-0.39, 0.29) is 0 Å². The second-order valence-electron chi connectivity index (χ2n) is 4.85. The van der Waals surface area contributed by atoms with Crippen molar-refractivity contribution in [1.29, 1.82) is 0 Å². The zero-order valence-electron chi connectivity index (χ0n) is 10.8. The van der Waals surface area contributed by atoms with Gasteiger partial charge in [0, 0.05) is 21.9 Å². The predicted octanol–water partition coefficient (Wildman–Crippen LogP) is 4.41. The first-order chi connectivity index (χ1) is 9.83. The quantitative estimate of drug-likeness (QED) is 0.651. The Morgan fingerprint density at radius 2 is 1.90 bits per heavy atom. The zero-order chi connectivity index (χ0) is 13.5. The topological polar surface area (TPSA) is 29.7 Å². The first-order valence-corrected chi connectivity index (χ1v) is 7.41. The molecule has 0 amide bonds. The van der Waals surface area contributed by atoms with Crippen molar-refractivity contribution in [2.45, 2.75) is 12.8 Å². The molecule has 0 bridgehead atoms. The fraction of sp³-hybridized carbons (Fsp3) is 0.125. The molecule has 1 aromatic carbocycles. The molecule has 1 aliphatic heterocycles. The molecular formula is C16H12BrN3. The molecule has 0 fully saturated rings. The minimum absolute atomic E-state index is 0.940. The SMILES string of the molecule is Brc1ccc(-c2nc3cccc4n3c2N=CCC4)cc1. The van der Waals surface area contributed by atoms with Crippen LogP contribution in [0.15, 0.2) is 51.9 Å². The van der Waals surface area contributed by atoms with Gasteiger partial charge in [-0.2, -0.15) is 0 Å². The van der Waals surface area contributed by atoms with Crippen LogP contribution in [-0.4, -0.2) is 15.6 Å². The zero-order valence-corrected chi connectivity index (χ0v) is 12.3. The summed E-state index contributed by atoms with van der Waals surface area (Å²) in [7, 11) is 0. The number of imidazole rings is 1. The van der Waals surface area contributed by atoms with Crippen molar-refractivity contribution >= 4 is 33.6 Å². The normalized spacial score (nSPS) is 13.7. The highest BCUT2D eigenvalue weighted by atomic mass is 79.9. The minimum atomic E-state index is 0.940. The lowest BCUT2D eigenvalue weighted by atomic mass is 10.1. The number of aryl methyl sites for hydroxylation is 1. The van der Waals surface area contributed by atoms with E-state index in [0.29, 0.717) is 0 Å². The molecule has 4 rings (SSSR count). The number of rotatable bonds is 1. The number of hydrogen-bond donors (Lipinski definition) is 0. The van der Waals surface area contributed by atoms with Gasteiger partial charge in [-0.1, -0.05) is 34.1 Å². The maximum Gasteiger partial charge on any atom is 0.164 e. The van der Waals surface area contributed by atoms with Crippen LogP contribution in [0.2, 0.25) is 0 Å². The van der Waals surface area contributed by atoms with Crippen LogP contribution in [0.3, 0.4) is 0 Å². The molecule has 3 aromatic rings. The number of benzene rings is 1. The number of aromatic nitrogens is 2. The van der Waals surface area contributed by atoms with Gasteiger partial charge < -0.3 is 0 Å². The summed E-state index contributed by atoms with van der Waals surface area (Å²) in [6.07, 6.45) is 3.97. The number of halogens is 1. The van der Waals surface area contributed by atoms with Crippen molar-refractivity contribution in [3.63, 3.8) is 0 Å². The molecule has 0 N–H and O–H groups in total. The standard InChI is InChI=1S/C16H12BrN3/c17-12-8-6-11(7-9-12)15-16-18-10-2-4-13-3-1-5-14(19-15)20(13)16/h1,3,5-10H,2,4H2. The van der Waals surface area contributed by atoms with E-state index in [1.807, 2.05) is 24.4 Å². The Morgan fingerprint density at radius 1 is 1.05 bits per heavy atom. The summed E-state index contributed by atoms with van der Waals surface area (Å²) in [5, 5.41) is 0. The van der Waals surface area contributed by atoms with Gasteiger partial charge in [-0.3, -0.25) is 4.40 Å². The Hall–Kier alpha value is -1.94. The summed E-state index contributed by atoms with van der Waals surface area (Å²) in [5.74, 6) is 0.940. The highest BCUT2D eigenvalue weighted by Crippen LogP contribution is 2.33. The van der Waals surface area contributed by atoms with Gasteiger partial charge in [0.2, 0.25) is 0 Å². The maximum absolute atomic E-state index is 4.76. The van der Waals surface area contributed by atoms with Crippen LogP contribution in [0.1, 0.15) is 12.1 Å². The lowest BCUT2D eigenvalue weighted by Gasteiger charge is -2.03. The largest absolute Gasteiger partial charge is 0.281 e. The average Bonchev–Trinajstić information content (AvgIpc) is 2.69. The fourth-order valence-corrected chi connectivity index (χ4v) is 2.89. The van der Waals surface area contributed by atoms with E-state index in [4.69, 9.17) is 4.98 Å². The molecule has 0 spiro atoms. The lowest BCUT2D eigenvalue weighted by Crippen LogP contribution is -1.94. The van der Waals surface area contributed by atoms with Crippen LogP contribution in [0, 0.1) is 0 Å². The molecule has 0 aliphatic carbocycles. The molecule has 0 saturated carbocycles. The summed E-state index contributed by atoms with van der Waals surface area (Å²) < 4.78 is 3.24. The summed E-state index contributed by atoms with van der Waals surface area (Å²) in [6.45, 7) is 0. The van der Waals surface area contributed by atoms with Gasteiger partial charge in [0.15, 0.2) is 5.82 Å². The predicted molar refractivity (Wildman–Crippen MR) is 84.8 cm³/mol. The highest BCUT2D eigenvalue weighted by Gasteiger charge is 2.16. The van der Waals surface area contributed by atoms with Gasteiger partial charge in [-0.15, -0.1) is 0 Å². The third kappa shape index (κ3) is 1.79. The van der Waals surface area contributed by atoms with Crippen molar-refractivity contribution in [1.82, 2.24) is 9.38 Å². The number of hydrogen-bond acceptors (Lipinski definition) is 2. The molecule has 98 valence electrons. The minimum Gasteiger partial charge on any atom is -0.281 e. The summed E-state index contributed by atoms with van der Waals surface area (Å²) in [5.41, 5.74) is 4.28. The average molecular weight is 326 g/mol. The van der Waals surface area contributed by atoms with Crippen LogP contribution in [-0.2, 0) is 6.42 Å². The Morgan fingerprint density at radius 3 is 2.75 bits per heavy atom. The van der Waals surface area contributed by atoms with E-state index in [0.717, 1.165) is 40.0 Å². The number of nitrogens with zero attached hydrogens (tertiary/aromatic N) is 3. The van der Waals surface area contributed by atoms with Crippen LogP contribution < -0.4 is 0 Å². The molecule has 20 heavy (non-hydrogen) atoms. The van der Waals surface area contributed by atoms with E-state index in [1.165, 1.54) is 5.69 Å². The van der Waals surface area contributed by atoms with Crippen LogP contribution in [0.5, 0.6) is 0 Å². The molecule has 3 heterocycles. The summed E-state index contributed by atoms with van der Waals surface area (Å²) in [4.78, 5) is 9.39. The number of aliphatic imine (C=N–C) groups is 1. The second-order valence-corrected chi connectivity index (χ2v) is 5.77. The summed E-state index contributed by atoms with van der Waals surface area (Å²) >= 11 is 3.47. The van der Waals surface area contributed by atoms with Crippen molar-refractivity contribution in [2.75, 3.05) is 0 Å². The molecule has 0 atom stereocenters. The summed E-state index contributed by atoms with van der Waals surface area (Å²) in [6, 6.07) is 14.5. The van der Waals surface area contributed by atoms with Gasteiger partial charge in [0.25, 0.3) is 0 Å². The number of pyridine rings is 1. The van der Waals surface area contributed by atoms with Gasteiger partial charge >= 0.3 is 0 Å². The third-order valence-corrected chi connectivity index (χ3v) is 4.09. The Labute approximate surface area is 125 Å². The molecule has 0 unspecified atom stereocenters. The smallest absolute Gasteiger partial charge is 0.164 e. The van der Waals surface area contributed by atoms with Gasteiger partial charge in [-0.05, 0) is 37.1 Å². The molecule has 2 aromatic heterocycles. The van der Waals surface area contributed by atoms with E-state index in [9.17, 15) is 0 Å². The van der Waals surface area contributed by atoms with Crippen molar-refractivity contribution in [2.24, 2.45) is 4.99 Å². The van der Waals surface area contributed by atoms with Crippen LogP contribution >= 0.6 is 15.9 Å². The van der Waals surface area contributed by atoms with E-state index >= 15 is 0 Å². The maximum atomic E-state index is 4.76. The molecule has 4 heteroatoms. The van der Waals surface area contributed by atoms with E-state index in [1.54, 1.807) is 0 Å². The fourth-order valence-electron chi connectivity index (χ4n) is 2.62. The van der Waals surface area contributed by atoms with Crippen LogP contribution in [0.4, 0.5) is 5.82 Å². The Kier molecular flexibility index (Phi) is 2.70. The first kappa shape index (κ1) is 11.9. The molecule has 0 saturated heterocycles. The Balaban J connectivity index is 2.04. The van der Waals surface area contributed by atoms with E-state index in [2.05, 4.69) is 49.6 Å². The third-order valence-electron chi connectivity index (χ3n) is 3.56. The van der Waals surface area contributed by atoms with Crippen molar-refractivity contribution < 1.29 is 0 Å². The van der Waals surface area contributed by atoms with Gasteiger partial charge in [0.05, 0.1) is 0 Å². The molecular weight excluding hydrogens is 314 g/mol. The lowest BCUT2D eigenvalue weighted by molar-refractivity contribution is 0.959. The monoisotopic (exact) mass is 325 g/mol. The molecule has 1 aliphatic rings. The van der Waals surface area contributed by atoms with E-state index < -0.39 is 0 Å². The molecule has 0 radical (unpaired) electrons. The molecule has 3 nitrogen and oxygen atoms in total. The van der Waals surface area contributed by atoms with Crippen LogP contribution in [0.25, 0.3) is 16.9 Å². The van der Waals surface area contributed by atoms with Gasteiger partial charge in [0.1, 0.15) is 11.3 Å². The Bertz CT molecular complexity index is 816. The second kappa shape index (κ2) is 4.56. The van der Waals surface area contributed by atoms with Gasteiger partial charge in [-0.25, -0.2) is 9.98 Å². The van der Waals surface area contributed by atoms with Crippen molar-refractivity contribution in [3.05, 3.63) is 52.6 Å². The van der Waals surface area contributed by atoms with Crippen molar-refractivity contribution in [3.8, 4) is 11.3 Å².